The minimum atomic E-state index is -0.198. The van der Waals surface area contributed by atoms with E-state index in [9.17, 15) is 4.39 Å². The lowest BCUT2D eigenvalue weighted by atomic mass is 10.1. The highest BCUT2D eigenvalue weighted by molar-refractivity contribution is 5.19. The summed E-state index contributed by atoms with van der Waals surface area (Å²) in [7, 11) is 0. The summed E-state index contributed by atoms with van der Waals surface area (Å²) in [6.07, 6.45) is 0.961. The Balaban J connectivity index is 2.46. The molecule has 15 heavy (non-hydrogen) atoms. The van der Waals surface area contributed by atoms with Gasteiger partial charge in [-0.3, -0.25) is 0 Å². The molecule has 1 aromatic rings. The highest BCUT2D eigenvalue weighted by Crippen LogP contribution is 2.12. The molecule has 2 atom stereocenters. The van der Waals surface area contributed by atoms with Crippen molar-refractivity contribution in [2.75, 3.05) is 6.54 Å². The van der Waals surface area contributed by atoms with Gasteiger partial charge in [0.05, 0.1) is 0 Å². The average Bonchev–Trinajstić information content (AvgIpc) is 2.26. The van der Waals surface area contributed by atoms with Crippen molar-refractivity contribution in [3.05, 3.63) is 35.6 Å². The molecule has 0 aromatic heterocycles. The van der Waals surface area contributed by atoms with Crippen LogP contribution in [0.5, 0.6) is 0 Å². The third-order valence-electron chi connectivity index (χ3n) is 2.58. The maximum atomic E-state index is 12.7. The molecule has 0 saturated carbocycles. The molecule has 1 unspecified atom stereocenters. The summed E-state index contributed by atoms with van der Waals surface area (Å²) in [6, 6.07) is 6.95. The van der Waals surface area contributed by atoms with E-state index in [1.54, 1.807) is 12.1 Å². The smallest absolute Gasteiger partial charge is 0.123 e. The van der Waals surface area contributed by atoms with Gasteiger partial charge in [0.1, 0.15) is 5.82 Å². The Bertz CT molecular complexity index is 284. The van der Waals surface area contributed by atoms with Gasteiger partial charge in [0.15, 0.2) is 0 Å². The quantitative estimate of drug-likeness (QED) is 0.782. The van der Waals surface area contributed by atoms with Gasteiger partial charge in [-0.2, -0.15) is 0 Å². The molecular formula is C12H19FN2. The van der Waals surface area contributed by atoms with E-state index in [0.717, 1.165) is 18.5 Å². The van der Waals surface area contributed by atoms with Crippen LogP contribution in [-0.2, 0) is 0 Å². The van der Waals surface area contributed by atoms with Crippen molar-refractivity contribution in [3.8, 4) is 0 Å². The Kier molecular flexibility index (Phi) is 4.72. The zero-order valence-electron chi connectivity index (χ0n) is 9.33. The summed E-state index contributed by atoms with van der Waals surface area (Å²) < 4.78 is 12.7. The highest BCUT2D eigenvalue weighted by Gasteiger charge is 2.06. The van der Waals surface area contributed by atoms with E-state index in [0.29, 0.717) is 0 Å². The van der Waals surface area contributed by atoms with E-state index in [1.165, 1.54) is 12.1 Å². The van der Waals surface area contributed by atoms with Crippen LogP contribution in [-0.4, -0.2) is 12.6 Å². The molecule has 0 radical (unpaired) electrons. The van der Waals surface area contributed by atoms with Crippen LogP contribution in [0.2, 0.25) is 0 Å². The molecule has 1 aromatic carbocycles. The lowest BCUT2D eigenvalue weighted by Crippen LogP contribution is -2.34. The molecule has 3 heteroatoms. The fraction of sp³-hybridized carbons (Fsp3) is 0.500. The van der Waals surface area contributed by atoms with Gasteiger partial charge >= 0.3 is 0 Å². The molecule has 2 nitrogen and oxygen atoms in total. The number of halogens is 1. The van der Waals surface area contributed by atoms with Crippen molar-refractivity contribution in [2.45, 2.75) is 32.4 Å². The third kappa shape index (κ3) is 3.98. The summed E-state index contributed by atoms with van der Waals surface area (Å²) >= 11 is 0. The van der Waals surface area contributed by atoms with Gasteiger partial charge in [-0.05, 0) is 31.0 Å². The van der Waals surface area contributed by atoms with Gasteiger partial charge in [0, 0.05) is 18.6 Å². The summed E-state index contributed by atoms with van der Waals surface area (Å²) in [4.78, 5) is 0. The van der Waals surface area contributed by atoms with Crippen molar-refractivity contribution in [2.24, 2.45) is 5.73 Å². The molecule has 0 aliphatic carbocycles. The third-order valence-corrected chi connectivity index (χ3v) is 2.58. The first kappa shape index (κ1) is 12.1. The Morgan fingerprint density at radius 3 is 2.47 bits per heavy atom. The average molecular weight is 210 g/mol. The molecule has 0 saturated heterocycles. The predicted octanol–water partition coefficient (Wildman–Crippen LogP) is 2.21. The van der Waals surface area contributed by atoms with Crippen LogP contribution in [0, 0.1) is 5.82 Å². The predicted molar refractivity (Wildman–Crippen MR) is 61.1 cm³/mol. The zero-order chi connectivity index (χ0) is 11.3. The van der Waals surface area contributed by atoms with Crippen LogP contribution in [0.3, 0.4) is 0 Å². The fourth-order valence-electron chi connectivity index (χ4n) is 1.34. The second-order valence-corrected chi connectivity index (χ2v) is 3.85. The van der Waals surface area contributed by atoms with E-state index < -0.39 is 0 Å². The van der Waals surface area contributed by atoms with Gasteiger partial charge in [0.2, 0.25) is 0 Å². The standard InChI is InChI=1S/C12H19FN2/c1-3-12(14)8-15-9(2)10-4-6-11(13)7-5-10/h4-7,9,12,15H,3,8,14H2,1-2H3/t9-,12?/m0/s1. The Labute approximate surface area is 90.7 Å². The van der Waals surface area contributed by atoms with Crippen LogP contribution in [0.15, 0.2) is 24.3 Å². The van der Waals surface area contributed by atoms with Crippen LogP contribution < -0.4 is 11.1 Å². The lowest BCUT2D eigenvalue weighted by molar-refractivity contribution is 0.507. The number of nitrogens with one attached hydrogen (secondary N) is 1. The van der Waals surface area contributed by atoms with E-state index >= 15 is 0 Å². The monoisotopic (exact) mass is 210 g/mol. The molecule has 0 heterocycles. The zero-order valence-corrected chi connectivity index (χ0v) is 9.33. The van der Waals surface area contributed by atoms with E-state index in [-0.39, 0.29) is 17.9 Å². The number of hydrogen-bond donors (Lipinski definition) is 2. The van der Waals surface area contributed by atoms with Gasteiger partial charge in [0.25, 0.3) is 0 Å². The number of hydrogen-bond acceptors (Lipinski definition) is 2. The van der Waals surface area contributed by atoms with Gasteiger partial charge in [-0.1, -0.05) is 19.1 Å². The van der Waals surface area contributed by atoms with Crippen molar-refractivity contribution in [1.82, 2.24) is 5.32 Å². The van der Waals surface area contributed by atoms with Crippen molar-refractivity contribution < 1.29 is 4.39 Å². The number of benzene rings is 1. The maximum absolute atomic E-state index is 12.7. The molecule has 0 spiro atoms. The second-order valence-electron chi connectivity index (χ2n) is 3.85. The summed E-state index contributed by atoms with van der Waals surface area (Å²) in [5, 5.41) is 3.32. The molecule has 0 amide bonds. The first-order chi connectivity index (χ1) is 7.13. The Morgan fingerprint density at radius 2 is 1.93 bits per heavy atom. The molecular weight excluding hydrogens is 191 g/mol. The van der Waals surface area contributed by atoms with E-state index in [2.05, 4.69) is 19.2 Å². The topological polar surface area (TPSA) is 38.0 Å². The molecule has 0 bridgehead atoms. The highest BCUT2D eigenvalue weighted by atomic mass is 19.1. The maximum Gasteiger partial charge on any atom is 0.123 e. The van der Waals surface area contributed by atoms with Crippen LogP contribution >= 0.6 is 0 Å². The van der Waals surface area contributed by atoms with E-state index in [4.69, 9.17) is 5.73 Å². The van der Waals surface area contributed by atoms with Crippen LogP contribution in [0.4, 0.5) is 4.39 Å². The Morgan fingerprint density at radius 1 is 1.33 bits per heavy atom. The number of nitrogens with two attached hydrogens (primary N) is 1. The van der Waals surface area contributed by atoms with Gasteiger partial charge in [-0.25, -0.2) is 4.39 Å². The first-order valence-corrected chi connectivity index (χ1v) is 5.38. The summed E-state index contributed by atoms with van der Waals surface area (Å²) in [5.41, 5.74) is 6.88. The molecule has 1 rings (SSSR count). The van der Waals surface area contributed by atoms with Gasteiger partial charge in [-0.15, -0.1) is 0 Å². The minimum absolute atomic E-state index is 0.188. The van der Waals surface area contributed by atoms with Crippen LogP contribution in [0.25, 0.3) is 0 Å². The van der Waals surface area contributed by atoms with E-state index in [1.807, 2.05) is 0 Å². The molecule has 3 N–H and O–H groups in total. The molecule has 0 aliphatic heterocycles. The molecule has 0 aliphatic rings. The van der Waals surface area contributed by atoms with Crippen molar-refractivity contribution in [1.29, 1.82) is 0 Å². The molecule has 84 valence electrons. The lowest BCUT2D eigenvalue weighted by Gasteiger charge is -2.17. The minimum Gasteiger partial charge on any atom is -0.327 e. The van der Waals surface area contributed by atoms with Gasteiger partial charge < -0.3 is 11.1 Å². The van der Waals surface area contributed by atoms with Crippen molar-refractivity contribution >= 4 is 0 Å². The Hall–Kier alpha value is -0.930. The molecule has 0 fully saturated rings. The normalized spacial score (nSPS) is 14.9. The summed E-state index contributed by atoms with van der Waals surface area (Å²) in [5.74, 6) is -0.198. The number of rotatable bonds is 5. The largest absolute Gasteiger partial charge is 0.327 e. The van der Waals surface area contributed by atoms with Crippen LogP contribution in [0.1, 0.15) is 31.9 Å². The first-order valence-electron chi connectivity index (χ1n) is 5.38. The summed E-state index contributed by atoms with van der Waals surface area (Å²) in [6.45, 7) is 4.90. The second kappa shape index (κ2) is 5.83. The SMILES string of the molecule is CCC(N)CN[C@@H](C)c1ccc(F)cc1. The fourth-order valence-corrected chi connectivity index (χ4v) is 1.34. The van der Waals surface area contributed by atoms with Crippen molar-refractivity contribution in [3.63, 3.8) is 0 Å².